The van der Waals surface area contributed by atoms with Gasteiger partial charge in [-0.05, 0) is 35.7 Å². The van der Waals surface area contributed by atoms with Crippen molar-refractivity contribution in [1.82, 2.24) is 9.62 Å². The predicted octanol–water partition coefficient (Wildman–Crippen LogP) is 2.86. The topological polar surface area (TPSA) is 82.1 Å². The number of amidine groups is 1. The molecule has 1 aliphatic rings. The van der Waals surface area contributed by atoms with Crippen molar-refractivity contribution in [1.29, 1.82) is 0 Å². The number of fused-ring (bicyclic) bond motifs is 1. The third-order valence-corrected chi connectivity index (χ3v) is 7.01. The first-order valence-electron chi connectivity index (χ1n) is 10.3. The second-order valence-electron chi connectivity index (χ2n) is 8.16. The number of sulfonamides is 1. The van der Waals surface area contributed by atoms with E-state index in [0.29, 0.717) is 12.1 Å². The van der Waals surface area contributed by atoms with Crippen molar-refractivity contribution in [3.8, 4) is 0 Å². The first kappa shape index (κ1) is 22.8. The van der Waals surface area contributed by atoms with Crippen LogP contribution in [-0.4, -0.2) is 52.2 Å². The first-order chi connectivity index (χ1) is 14.6. The van der Waals surface area contributed by atoms with Gasteiger partial charge in [0.05, 0.1) is 4.90 Å². The van der Waals surface area contributed by atoms with Gasteiger partial charge < -0.3 is 9.80 Å². The number of aliphatic imine (C=N–C) groups is 1. The Morgan fingerprint density at radius 3 is 2.32 bits per heavy atom. The Kier molecular flexibility index (Phi) is 6.69. The molecule has 0 fully saturated rings. The summed E-state index contributed by atoms with van der Waals surface area (Å²) in [4.78, 5) is 21.8. The van der Waals surface area contributed by atoms with Crippen LogP contribution < -0.4 is 9.62 Å². The molecule has 0 radical (unpaired) electrons. The molecule has 7 nitrogen and oxygen atoms in total. The number of hydrogen-bond acceptors (Lipinski definition) is 5. The van der Waals surface area contributed by atoms with Gasteiger partial charge in [-0.15, -0.1) is 0 Å². The van der Waals surface area contributed by atoms with E-state index >= 15 is 0 Å². The molecule has 8 heteroatoms. The average Bonchev–Trinajstić information content (AvgIpc) is 3.01. The number of amides is 1. The molecule has 1 N–H and O–H groups in total. The van der Waals surface area contributed by atoms with E-state index in [1.54, 1.807) is 36.2 Å². The van der Waals surface area contributed by atoms with Crippen molar-refractivity contribution >= 4 is 27.5 Å². The molecule has 0 aromatic heterocycles. The molecule has 0 spiro atoms. The lowest BCUT2D eigenvalue weighted by Gasteiger charge is -2.25. The summed E-state index contributed by atoms with van der Waals surface area (Å²) in [5.41, 5.74) is 2.61. The predicted molar refractivity (Wildman–Crippen MR) is 124 cm³/mol. The van der Waals surface area contributed by atoms with E-state index in [1.807, 2.05) is 57.1 Å². The Morgan fingerprint density at radius 1 is 1.06 bits per heavy atom. The molecular weight excluding hydrogens is 412 g/mol. The molecule has 0 saturated heterocycles. The van der Waals surface area contributed by atoms with Crippen LogP contribution in [0.15, 0.2) is 58.4 Å². The second-order valence-corrected chi connectivity index (χ2v) is 9.82. The number of benzene rings is 2. The minimum Gasteiger partial charge on any atom is -0.378 e. The van der Waals surface area contributed by atoms with Gasteiger partial charge in [-0.3, -0.25) is 14.5 Å². The fourth-order valence-electron chi connectivity index (χ4n) is 3.50. The second kappa shape index (κ2) is 9.09. The SMILES string of the molecule is CC[C@H](C)[C@H](N=C1NS(=O)(=O)c2ccccc21)C(=O)N(C)Cc1ccc(N(C)C)cc1. The number of carbonyl (C=O) groups is 1. The third kappa shape index (κ3) is 4.90. The maximum absolute atomic E-state index is 13.3. The van der Waals surface area contributed by atoms with Gasteiger partial charge in [0.1, 0.15) is 11.9 Å². The highest BCUT2D eigenvalue weighted by molar-refractivity contribution is 7.90. The third-order valence-electron chi connectivity index (χ3n) is 5.62. The number of nitrogens with zero attached hydrogens (tertiary/aromatic N) is 3. The fourth-order valence-corrected chi connectivity index (χ4v) is 4.73. The summed E-state index contributed by atoms with van der Waals surface area (Å²) >= 11 is 0. The van der Waals surface area contributed by atoms with Gasteiger partial charge in [0, 0.05) is 38.9 Å². The zero-order valence-corrected chi connectivity index (χ0v) is 19.5. The number of likely N-dealkylation sites (N-methyl/N-ethyl adjacent to an activating group) is 1. The Morgan fingerprint density at radius 2 is 1.71 bits per heavy atom. The van der Waals surface area contributed by atoms with Crippen molar-refractivity contribution in [2.45, 2.75) is 37.8 Å². The van der Waals surface area contributed by atoms with Gasteiger partial charge in [0.2, 0.25) is 5.91 Å². The van der Waals surface area contributed by atoms with Crippen molar-refractivity contribution in [3.05, 3.63) is 59.7 Å². The van der Waals surface area contributed by atoms with Crippen LogP contribution in [0.25, 0.3) is 0 Å². The molecule has 2 atom stereocenters. The van der Waals surface area contributed by atoms with Gasteiger partial charge in [-0.1, -0.05) is 44.5 Å². The van der Waals surface area contributed by atoms with Crippen LogP contribution in [0.4, 0.5) is 5.69 Å². The van der Waals surface area contributed by atoms with Gasteiger partial charge in [0.25, 0.3) is 10.0 Å². The number of carbonyl (C=O) groups excluding carboxylic acids is 1. The normalized spacial score (nSPS) is 17.5. The smallest absolute Gasteiger partial charge is 0.263 e. The molecular formula is C23H30N4O3S. The lowest BCUT2D eigenvalue weighted by atomic mass is 9.98. The van der Waals surface area contributed by atoms with E-state index in [2.05, 4.69) is 9.71 Å². The molecule has 0 saturated carbocycles. The van der Waals surface area contributed by atoms with Gasteiger partial charge in [-0.25, -0.2) is 8.42 Å². The molecule has 1 amide bonds. The summed E-state index contributed by atoms with van der Waals surface area (Å²) in [5.74, 6) is 0.0518. The first-order valence-corrected chi connectivity index (χ1v) is 11.8. The summed E-state index contributed by atoms with van der Waals surface area (Å²) in [7, 11) is 2.07. The summed E-state index contributed by atoms with van der Waals surface area (Å²) < 4.78 is 27.3. The van der Waals surface area contributed by atoms with E-state index in [1.165, 1.54) is 0 Å². The van der Waals surface area contributed by atoms with E-state index in [9.17, 15) is 13.2 Å². The van der Waals surface area contributed by atoms with Crippen LogP contribution in [0.5, 0.6) is 0 Å². The minimum atomic E-state index is -3.65. The maximum Gasteiger partial charge on any atom is 0.263 e. The Bertz CT molecular complexity index is 1080. The molecule has 0 unspecified atom stereocenters. The van der Waals surface area contributed by atoms with E-state index in [-0.39, 0.29) is 22.6 Å². The number of rotatable bonds is 7. The highest BCUT2D eigenvalue weighted by Crippen LogP contribution is 2.25. The number of hydrogen-bond donors (Lipinski definition) is 1. The number of anilines is 1. The summed E-state index contributed by atoms with van der Waals surface area (Å²) in [6, 6.07) is 14.1. The molecule has 166 valence electrons. The van der Waals surface area contributed by atoms with Crippen LogP contribution in [0.3, 0.4) is 0 Å². The van der Waals surface area contributed by atoms with Gasteiger partial charge >= 0.3 is 0 Å². The summed E-state index contributed by atoms with van der Waals surface area (Å²) in [6.45, 7) is 4.41. The Balaban J connectivity index is 1.86. The van der Waals surface area contributed by atoms with Crippen molar-refractivity contribution in [2.24, 2.45) is 10.9 Å². The largest absolute Gasteiger partial charge is 0.378 e. The fraction of sp³-hybridized carbons (Fsp3) is 0.391. The van der Waals surface area contributed by atoms with Gasteiger partial charge in [-0.2, -0.15) is 0 Å². The molecule has 0 bridgehead atoms. The monoisotopic (exact) mass is 442 g/mol. The van der Waals surface area contributed by atoms with Crippen molar-refractivity contribution < 1.29 is 13.2 Å². The Labute approximate surface area is 184 Å². The minimum absolute atomic E-state index is 0.0455. The summed E-state index contributed by atoms with van der Waals surface area (Å²) in [6.07, 6.45) is 0.743. The zero-order chi connectivity index (χ0) is 22.8. The molecule has 2 aromatic carbocycles. The molecule has 0 aliphatic carbocycles. The standard InChI is InChI=1S/C23H30N4O3S/c1-6-16(2)21(24-22-19-9-7-8-10-20(19)31(29,30)25-22)23(28)27(5)15-17-11-13-18(14-12-17)26(3)4/h7-14,16,21H,6,15H2,1-5H3,(H,24,25)/t16-,21-/m0/s1. The molecule has 1 aliphatic heterocycles. The average molecular weight is 443 g/mol. The lowest BCUT2D eigenvalue weighted by Crippen LogP contribution is -2.40. The summed E-state index contributed by atoms with van der Waals surface area (Å²) in [5, 5.41) is 0. The molecule has 31 heavy (non-hydrogen) atoms. The van der Waals surface area contributed by atoms with E-state index in [4.69, 9.17) is 0 Å². The van der Waals surface area contributed by atoms with Crippen LogP contribution in [0.2, 0.25) is 0 Å². The number of nitrogens with one attached hydrogen (secondary N) is 1. The van der Waals surface area contributed by atoms with Crippen LogP contribution in [0, 0.1) is 5.92 Å². The Hall–Kier alpha value is -2.87. The molecule has 3 rings (SSSR count). The van der Waals surface area contributed by atoms with Crippen LogP contribution in [0.1, 0.15) is 31.4 Å². The van der Waals surface area contributed by atoms with Crippen LogP contribution in [-0.2, 0) is 21.4 Å². The maximum atomic E-state index is 13.3. The van der Waals surface area contributed by atoms with Crippen molar-refractivity contribution in [3.63, 3.8) is 0 Å². The lowest BCUT2D eigenvalue weighted by molar-refractivity contribution is -0.132. The van der Waals surface area contributed by atoms with Crippen molar-refractivity contribution in [2.75, 3.05) is 26.0 Å². The van der Waals surface area contributed by atoms with E-state index in [0.717, 1.165) is 17.7 Å². The molecule has 2 aromatic rings. The zero-order valence-electron chi connectivity index (χ0n) is 18.7. The quantitative estimate of drug-likeness (QED) is 0.715. The van der Waals surface area contributed by atoms with Crippen LogP contribution >= 0.6 is 0 Å². The molecule has 1 heterocycles. The van der Waals surface area contributed by atoms with Gasteiger partial charge in [0.15, 0.2) is 0 Å². The highest BCUT2D eigenvalue weighted by Gasteiger charge is 2.33. The highest BCUT2D eigenvalue weighted by atomic mass is 32.2. The van der Waals surface area contributed by atoms with E-state index < -0.39 is 16.1 Å².